The summed E-state index contributed by atoms with van der Waals surface area (Å²) >= 11 is 0. The number of ether oxygens (including phenoxy) is 2. The van der Waals surface area contributed by atoms with Crippen LogP contribution in [0, 0.1) is 0 Å². The Hall–Kier alpha value is -3.03. The maximum absolute atomic E-state index is 11.8. The van der Waals surface area contributed by atoms with Crippen molar-refractivity contribution in [3.05, 3.63) is 36.5 Å². The van der Waals surface area contributed by atoms with Gasteiger partial charge in [0.15, 0.2) is 0 Å². The summed E-state index contributed by atoms with van der Waals surface area (Å²) in [5.41, 5.74) is 0.890. The summed E-state index contributed by atoms with van der Waals surface area (Å²) in [5.74, 6) is 2.12. The number of amides is 1. The second-order valence-corrected chi connectivity index (χ2v) is 7.19. The Morgan fingerprint density at radius 2 is 1.93 bits per heavy atom. The van der Waals surface area contributed by atoms with Gasteiger partial charge in [-0.05, 0) is 63.9 Å². The van der Waals surface area contributed by atoms with Crippen molar-refractivity contribution in [1.29, 1.82) is 0 Å². The SMILES string of the molecule is CCOC(=O)N1CCC(Nc2ccnc(Nc3ccc(OC(C)C)cc3)n2)CC1. The zero-order valence-electron chi connectivity index (χ0n) is 17.2. The molecule has 3 rings (SSSR count). The third-order valence-electron chi connectivity index (χ3n) is 4.51. The van der Waals surface area contributed by atoms with Crippen molar-refractivity contribution in [2.24, 2.45) is 0 Å². The average molecular weight is 399 g/mol. The number of piperidine rings is 1. The molecule has 1 aromatic heterocycles. The van der Waals surface area contributed by atoms with Gasteiger partial charge in [0.1, 0.15) is 11.6 Å². The third kappa shape index (κ3) is 6.23. The minimum Gasteiger partial charge on any atom is -0.491 e. The van der Waals surface area contributed by atoms with Crippen molar-refractivity contribution in [3.8, 4) is 5.75 Å². The van der Waals surface area contributed by atoms with Crippen LogP contribution in [0.3, 0.4) is 0 Å². The molecule has 2 aromatic rings. The zero-order valence-corrected chi connectivity index (χ0v) is 17.2. The van der Waals surface area contributed by atoms with Crippen LogP contribution in [-0.4, -0.2) is 52.8 Å². The summed E-state index contributed by atoms with van der Waals surface area (Å²) in [7, 11) is 0. The molecular formula is C21H29N5O3. The Morgan fingerprint density at radius 3 is 2.59 bits per heavy atom. The first-order valence-electron chi connectivity index (χ1n) is 10.1. The van der Waals surface area contributed by atoms with E-state index in [-0.39, 0.29) is 18.2 Å². The van der Waals surface area contributed by atoms with Crippen LogP contribution in [0.2, 0.25) is 0 Å². The van der Waals surface area contributed by atoms with E-state index in [1.165, 1.54) is 0 Å². The molecule has 0 unspecified atom stereocenters. The molecular weight excluding hydrogens is 370 g/mol. The molecule has 0 radical (unpaired) electrons. The monoisotopic (exact) mass is 399 g/mol. The number of carbonyl (C=O) groups is 1. The lowest BCUT2D eigenvalue weighted by molar-refractivity contribution is 0.0983. The molecule has 1 aliphatic rings. The maximum Gasteiger partial charge on any atom is 0.409 e. The van der Waals surface area contributed by atoms with E-state index in [4.69, 9.17) is 9.47 Å². The summed E-state index contributed by atoms with van der Waals surface area (Å²) in [6, 6.07) is 9.82. The van der Waals surface area contributed by atoms with Crippen molar-refractivity contribution in [2.75, 3.05) is 30.3 Å². The fraction of sp³-hybridized carbons (Fsp3) is 0.476. The zero-order chi connectivity index (χ0) is 20.6. The van der Waals surface area contributed by atoms with E-state index < -0.39 is 0 Å². The van der Waals surface area contributed by atoms with Crippen LogP contribution in [0.15, 0.2) is 36.5 Å². The Bertz CT molecular complexity index is 789. The van der Waals surface area contributed by atoms with Gasteiger partial charge in [0.25, 0.3) is 0 Å². The first-order valence-corrected chi connectivity index (χ1v) is 10.1. The van der Waals surface area contributed by atoms with Gasteiger partial charge in [-0.15, -0.1) is 0 Å². The van der Waals surface area contributed by atoms with Crippen molar-refractivity contribution < 1.29 is 14.3 Å². The number of rotatable bonds is 7. The van der Waals surface area contributed by atoms with Crippen molar-refractivity contribution in [1.82, 2.24) is 14.9 Å². The van der Waals surface area contributed by atoms with Crippen molar-refractivity contribution in [3.63, 3.8) is 0 Å². The average Bonchev–Trinajstić information content (AvgIpc) is 2.70. The largest absolute Gasteiger partial charge is 0.491 e. The Balaban J connectivity index is 1.53. The molecule has 1 saturated heterocycles. The van der Waals surface area contributed by atoms with E-state index >= 15 is 0 Å². The van der Waals surface area contributed by atoms with Crippen LogP contribution in [-0.2, 0) is 4.74 Å². The second-order valence-electron chi connectivity index (χ2n) is 7.19. The van der Waals surface area contributed by atoms with E-state index in [2.05, 4.69) is 20.6 Å². The van der Waals surface area contributed by atoms with Gasteiger partial charge in [-0.3, -0.25) is 0 Å². The van der Waals surface area contributed by atoms with E-state index in [0.29, 0.717) is 25.6 Å². The normalized spacial score (nSPS) is 14.6. The molecule has 1 aliphatic heterocycles. The number of benzene rings is 1. The Labute approximate surface area is 171 Å². The predicted molar refractivity (Wildman–Crippen MR) is 113 cm³/mol. The van der Waals surface area contributed by atoms with Crippen LogP contribution >= 0.6 is 0 Å². The summed E-state index contributed by atoms with van der Waals surface area (Å²) in [6.45, 7) is 7.58. The molecule has 0 atom stereocenters. The van der Waals surface area contributed by atoms with Crippen molar-refractivity contribution in [2.45, 2.75) is 45.8 Å². The van der Waals surface area contributed by atoms with Crippen LogP contribution in [0.1, 0.15) is 33.6 Å². The molecule has 0 saturated carbocycles. The van der Waals surface area contributed by atoms with Gasteiger partial charge in [0.2, 0.25) is 5.95 Å². The molecule has 1 aromatic carbocycles. The fourth-order valence-corrected chi connectivity index (χ4v) is 3.15. The number of aromatic nitrogens is 2. The maximum atomic E-state index is 11.8. The van der Waals surface area contributed by atoms with Crippen LogP contribution in [0.5, 0.6) is 5.75 Å². The van der Waals surface area contributed by atoms with Gasteiger partial charge >= 0.3 is 6.09 Å². The molecule has 0 spiro atoms. The number of anilines is 3. The molecule has 0 aliphatic carbocycles. The minimum atomic E-state index is -0.232. The molecule has 2 heterocycles. The summed E-state index contributed by atoms with van der Waals surface area (Å²) in [5, 5.41) is 6.65. The van der Waals surface area contributed by atoms with E-state index in [1.54, 1.807) is 11.1 Å². The molecule has 156 valence electrons. The number of nitrogens with zero attached hydrogens (tertiary/aromatic N) is 3. The number of carbonyl (C=O) groups excluding carboxylic acids is 1. The Kier molecular flexibility index (Phi) is 7.10. The number of likely N-dealkylation sites (tertiary alicyclic amines) is 1. The molecule has 8 nitrogen and oxygen atoms in total. The molecule has 1 fully saturated rings. The first-order chi connectivity index (χ1) is 14.0. The number of nitrogens with one attached hydrogen (secondary N) is 2. The molecule has 1 amide bonds. The lowest BCUT2D eigenvalue weighted by atomic mass is 10.1. The summed E-state index contributed by atoms with van der Waals surface area (Å²) < 4.78 is 10.7. The van der Waals surface area contributed by atoms with Gasteiger partial charge in [-0.25, -0.2) is 9.78 Å². The van der Waals surface area contributed by atoms with E-state index in [9.17, 15) is 4.79 Å². The topological polar surface area (TPSA) is 88.6 Å². The number of hydrogen-bond acceptors (Lipinski definition) is 7. The highest BCUT2D eigenvalue weighted by atomic mass is 16.6. The smallest absolute Gasteiger partial charge is 0.409 e. The minimum absolute atomic E-state index is 0.143. The lowest BCUT2D eigenvalue weighted by Gasteiger charge is -2.31. The molecule has 0 bridgehead atoms. The highest BCUT2D eigenvalue weighted by Gasteiger charge is 2.23. The molecule has 2 N–H and O–H groups in total. The first kappa shape index (κ1) is 20.7. The highest BCUT2D eigenvalue weighted by molar-refractivity contribution is 5.67. The van der Waals surface area contributed by atoms with Crippen LogP contribution in [0.25, 0.3) is 0 Å². The predicted octanol–water partition coefficient (Wildman–Crippen LogP) is 4.04. The van der Waals surface area contributed by atoms with Gasteiger partial charge in [0, 0.05) is 31.0 Å². The van der Waals surface area contributed by atoms with E-state index in [1.807, 2.05) is 51.1 Å². The lowest BCUT2D eigenvalue weighted by Crippen LogP contribution is -2.42. The van der Waals surface area contributed by atoms with Gasteiger partial charge in [0.05, 0.1) is 12.7 Å². The van der Waals surface area contributed by atoms with Gasteiger partial charge in [-0.2, -0.15) is 4.98 Å². The van der Waals surface area contributed by atoms with Gasteiger partial charge < -0.3 is 25.0 Å². The summed E-state index contributed by atoms with van der Waals surface area (Å²) in [4.78, 5) is 22.4. The second kappa shape index (κ2) is 9.95. The Morgan fingerprint density at radius 1 is 1.21 bits per heavy atom. The van der Waals surface area contributed by atoms with Gasteiger partial charge in [-0.1, -0.05) is 0 Å². The van der Waals surface area contributed by atoms with Crippen LogP contribution < -0.4 is 15.4 Å². The molecule has 8 heteroatoms. The third-order valence-corrected chi connectivity index (χ3v) is 4.51. The number of hydrogen-bond donors (Lipinski definition) is 2. The quantitative estimate of drug-likeness (QED) is 0.726. The molecule has 29 heavy (non-hydrogen) atoms. The van der Waals surface area contributed by atoms with E-state index in [0.717, 1.165) is 30.1 Å². The summed E-state index contributed by atoms with van der Waals surface area (Å²) in [6.07, 6.45) is 3.33. The highest BCUT2D eigenvalue weighted by Crippen LogP contribution is 2.21. The van der Waals surface area contributed by atoms with Crippen LogP contribution in [0.4, 0.5) is 22.2 Å². The van der Waals surface area contributed by atoms with Crippen molar-refractivity contribution >= 4 is 23.5 Å². The standard InChI is InChI=1S/C21H29N5O3/c1-4-28-21(27)26-13-10-17(11-14-26)23-19-9-12-22-20(25-19)24-16-5-7-18(8-6-16)29-15(2)3/h5-9,12,15,17H,4,10-11,13-14H2,1-3H3,(H2,22,23,24,25). The fourth-order valence-electron chi connectivity index (χ4n) is 3.15.